The third-order valence-electron chi connectivity index (χ3n) is 3.44. The van der Waals surface area contributed by atoms with Gasteiger partial charge in [0.2, 0.25) is 10.0 Å². The number of carbonyl (C=O) groups excluding carboxylic acids is 1. The monoisotopic (exact) mass is 416 g/mol. The topological polar surface area (TPSA) is 84.5 Å². The lowest BCUT2D eigenvalue weighted by Gasteiger charge is -2.13. The second kappa shape index (κ2) is 8.73. The molecule has 2 aromatic carbocycles. The van der Waals surface area contributed by atoms with E-state index in [0.29, 0.717) is 17.1 Å². The van der Waals surface area contributed by atoms with Crippen LogP contribution in [0.2, 0.25) is 10.0 Å². The molecular weight excluding hydrogens is 399 g/mol. The number of ether oxygens (including phenoxy) is 1. The van der Waals surface area contributed by atoms with Gasteiger partial charge in [-0.1, -0.05) is 30.1 Å². The number of methoxy groups -OCH3 is 1. The van der Waals surface area contributed by atoms with Crippen molar-refractivity contribution in [2.24, 2.45) is 0 Å². The number of benzene rings is 2. The van der Waals surface area contributed by atoms with Crippen molar-refractivity contribution in [3.8, 4) is 5.75 Å². The number of amides is 1. The molecule has 0 saturated carbocycles. The minimum Gasteiger partial charge on any atom is -0.495 e. The first-order valence-electron chi connectivity index (χ1n) is 7.72. The van der Waals surface area contributed by atoms with Gasteiger partial charge in [-0.05, 0) is 42.8 Å². The highest BCUT2D eigenvalue weighted by molar-refractivity contribution is 7.89. The van der Waals surface area contributed by atoms with E-state index in [1.807, 2.05) is 6.92 Å². The standard InChI is InChI=1S/C17H18Cl2N2O4S/c1-3-8-20-26(23,24)16-9-11(4-7-15(16)25-2)17(22)21-14-6-5-12(18)10-13(14)19/h4-7,9-10,20H,3,8H2,1-2H3,(H,21,22). The Labute approximate surface area is 162 Å². The van der Waals surface area contributed by atoms with Crippen molar-refractivity contribution in [1.82, 2.24) is 4.72 Å². The number of hydrogen-bond acceptors (Lipinski definition) is 4. The fourth-order valence-electron chi connectivity index (χ4n) is 2.13. The summed E-state index contributed by atoms with van der Waals surface area (Å²) in [5.74, 6) is -0.363. The van der Waals surface area contributed by atoms with E-state index < -0.39 is 15.9 Å². The zero-order chi connectivity index (χ0) is 19.3. The molecular formula is C17H18Cl2N2O4S. The van der Waals surface area contributed by atoms with Gasteiger partial charge >= 0.3 is 0 Å². The highest BCUT2D eigenvalue weighted by atomic mass is 35.5. The van der Waals surface area contributed by atoms with Crippen LogP contribution in [0, 0.1) is 0 Å². The summed E-state index contributed by atoms with van der Waals surface area (Å²) in [6.45, 7) is 2.13. The van der Waals surface area contributed by atoms with Crippen LogP contribution in [0.25, 0.3) is 0 Å². The van der Waals surface area contributed by atoms with E-state index in [4.69, 9.17) is 27.9 Å². The summed E-state index contributed by atoms with van der Waals surface area (Å²) in [7, 11) is -2.44. The largest absolute Gasteiger partial charge is 0.495 e. The van der Waals surface area contributed by atoms with E-state index in [2.05, 4.69) is 10.0 Å². The molecule has 0 aliphatic rings. The Morgan fingerprint density at radius 2 is 1.88 bits per heavy atom. The first-order valence-corrected chi connectivity index (χ1v) is 9.96. The normalized spacial score (nSPS) is 11.2. The van der Waals surface area contributed by atoms with Crippen LogP contribution < -0.4 is 14.8 Å². The summed E-state index contributed by atoms with van der Waals surface area (Å²) in [6, 6.07) is 8.80. The molecule has 0 bridgehead atoms. The van der Waals surface area contributed by atoms with Crippen LogP contribution in [0.3, 0.4) is 0 Å². The predicted molar refractivity (Wildman–Crippen MR) is 103 cm³/mol. The molecule has 26 heavy (non-hydrogen) atoms. The first kappa shape index (κ1) is 20.5. The van der Waals surface area contributed by atoms with Gasteiger partial charge in [-0.3, -0.25) is 4.79 Å². The number of carbonyl (C=O) groups is 1. The Hall–Kier alpha value is -1.80. The summed E-state index contributed by atoms with van der Waals surface area (Å²) >= 11 is 11.9. The maximum absolute atomic E-state index is 12.5. The Bertz CT molecular complexity index is 917. The van der Waals surface area contributed by atoms with Crippen molar-refractivity contribution in [2.45, 2.75) is 18.2 Å². The van der Waals surface area contributed by atoms with Gasteiger partial charge in [-0.15, -0.1) is 0 Å². The molecule has 0 saturated heterocycles. The third kappa shape index (κ3) is 4.88. The molecule has 2 aromatic rings. The molecule has 6 nitrogen and oxygen atoms in total. The Morgan fingerprint density at radius 3 is 2.50 bits per heavy atom. The summed E-state index contributed by atoms with van der Waals surface area (Å²) in [6.07, 6.45) is 0.636. The number of halogens is 2. The minimum atomic E-state index is -3.81. The van der Waals surface area contributed by atoms with Gasteiger partial charge in [0.05, 0.1) is 17.8 Å². The van der Waals surface area contributed by atoms with Crippen molar-refractivity contribution in [1.29, 1.82) is 0 Å². The van der Waals surface area contributed by atoms with E-state index >= 15 is 0 Å². The van der Waals surface area contributed by atoms with E-state index in [1.54, 1.807) is 12.1 Å². The molecule has 0 aliphatic carbocycles. The molecule has 0 radical (unpaired) electrons. The quantitative estimate of drug-likeness (QED) is 0.715. The average molecular weight is 417 g/mol. The van der Waals surface area contributed by atoms with E-state index in [1.165, 1.54) is 31.4 Å². The number of rotatable bonds is 7. The molecule has 0 aliphatic heterocycles. The molecule has 0 heterocycles. The fourth-order valence-corrected chi connectivity index (χ4v) is 3.91. The molecule has 2 N–H and O–H groups in total. The van der Waals surface area contributed by atoms with Crippen LogP contribution in [0.5, 0.6) is 5.75 Å². The zero-order valence-electron chi connectivity index (χ0n) is 14.2. The Kier molecular flexibility index (Phi) is 6.88. The van der Waals surface area contributed by atoms with Gasteiger partial charge in [0.15, 0.2) is 0 Å². The van der Waals surface area contributed by atoms with Gasteiger partial charge in [0.1, 0.15) is 10.6 Å². The molecule has 0 atom stereocenters. The molecule has 2 rings (SSSR count). The Morgan fingerprint density at radius 1 is 1.15 bits per heavy atom. The summed E-state index contributed by atoms with van der Waals surface area (Å²) in [5, 5.41) is 3.34. The molecule has 0 aromatic heterocycles. The second-order valence-electron chi connectivity index (χ2n) is 5.34. The number of sulfonamides is 1. The lowest BCUT2D eigenvalue weighted by Crippen LogP contribution is -2.25. The maximum Gasteiger partial charge on any atom is 0.255 e. The summed E-state index contributed by atoms with van der Waals surface area (Å²) in [5.41, 5.74) is 0.513. The molecule has 0 fully saturated rings. The number of hydrogen-bond donors (Lipinski definition) is 2. The molecule has 1 amide bonds. The zero-order valence-corrected chi connectivity index (χ0v) is 16.5. The van der Waals surface area contributed by atoms with Gasteiger partial charge < -0.3 is 10.1 Å². The van der Waals surface area contributed by atoms with Crippen molar-refractivity contribution < 1.29 is 17.9 Å². The highest BCUT2D eigenvalue weighted by Gasteiger charge is 2.21. The second-order valence-corrected chi connectivity index (χ2v) is 7.92. The van der Waals surface area contributed by atoms with Gasteiger partial charge in [-0.25, -0.2) is 13.1 Å². The smallest absolute Gasteiger partial charge is 0.255 e. The van der Waals surface area contributed by atoms with Crippen molar-refractivity contribution in [3.63, 3.8) is 0 Å². The van der Waals surface area contributed by atoms with Gasteiger partial charge in [0, 0.05) is 17.1 Å². The number of anilines is 1. The lowest BCUT2D eigenvalue weighted by molar-refractivity contribution is 0.102. The fraction of sp³-hybridized carbons (Fsp3) is 0.235. The van der Waals surface area contributed by atoms with E-state index in [9.17, 15) is 13.2 Å². The molecule has 9 heteroatoms. The minimum absolute atomic E-state index is 0.108. The van der Waals surface area contributed by atoms with Crippen LogP contribution in [-0.4, -0.2) is 28.0 Å². The van der Waals surface area contributed by atoms with Crippen LogP contribution in [0.15, 0.2) is 41.3 Å². The first-order chi connectivity index (χ1) is 12.3. The summed E-state index contributed by atoms with van der Waals surface area (Å²) in [4.78, 5) is 12.4. The van der Waals surface area contributed by atoms with Crippen LogP contribution >= 0.6 is 23.2 Å². The van der Waals surface area contributed by atoms with E-state index in [0.717, 1.165) is 0 Å². The van der Waals surface area contributed by atoms with Gasteiger partial charge in [0.25, 0.3) is 5.91 Å². The average Bonchev–Trinajstić information content (AvgIpc) is 2.61. The molecule has 0 unspecified atom stereocenters. The maximum atomic E-state index is 12.5. The molecule has 140 valence electrons. The predicted octanol–water partition coefficient (Wildman–Crippen LogP) is 3.94. The lowest BCUT2D eigenvalue weighted by atomic mass is 10.2. The number of nitrogens with one attached hydrogen (secondary N) is 2. The van der Waals surface area contributed by atoms with Crippen molar-refractivity contribution in [2.75, 3.05) is 19.0 Å². The van der Waals surface area contributed by atoms with Crippen LogP contribution in [-0.2, 0) is 10.0 Å². The summed E-state index contributed by atoms with van der Waals surface area (Å²) < 4.78 is 32.4. The third-order valence-corrected chi connectivity index (χ3v) is 5.47. The van der Waals surface area contributed by atoms with Crippen LogP contribution in [0.1, 0.15) is 23.7 Å². The van der Waals surface area contributed by atoms with E-state index in [-0.39, 0.29) is 27.8 Å². The van der Waals surface area contributed by atoms with Gasteiger partial charge in [-0.2, -0.15) is 0 Å². The molecule has 0 spiro atoms. The highest BCUT2D eigenvalue weighted by Crippen LogP contribution is 2.28. The van der Waals surface area contributed by atoms with Crippen molar-refractivity contribution in [3.05, 3.63) is 52.0 Å². The Balaban J connectivity index is 2.35. The van der Waals surface area contributed by atoms with Crippen LogP contribution in [0.4, 0.5) is 5.69 Å². The SMILES string of the molecule is CCCNS(=O)(=O)c1cc(C(=O)Nc2ccc(Cl)cc2Cl)ccc1OC. The van der Waals surface area contributed by atoms with Crippen molar-refractivity contribution >= 4 is 44.8 Å².